The number of aliphatic hydroxyl groups excluding tert-OH is 2. The number of aliphatic hydroxyl groups is 2. The smallest absolute Gasteiger partial charge is 0.324 e. The average Bonchev–Trinajstić information content (AvgIpc) is 4.06. The number of H-pyrrole nitrogens is 1. The Labute approximate surface area is 351 Å². The second kappa shape index (κ2) is 16.4. The van der Waals surface area contributed by atoms with Gasteiger partial charge in [-0.1, -0.05) is 0 Å². The van der Waals surface area contributed by atoms with Crippen molar-refractivity contribution in [3.05, 3.63) is 42.0 Å². The minimum absolute atomic E-state index is 0.0168. The number of nitrogens with zero attached hydrogens (tertiary/aromatic N) is 11. The Morgan fingerprint density at radius 1 is 0.705 bits per heavy atom. The molecule has 3 fully saturated rings. The molecular formula is C30H37N15O12P2S2. The molecular weight excluding hydrogens is 889 g/mol. The number of nitrogens with two attached hydrogens (primary N) is 3. The molecule has 0 saturated carbocycles. The third-order valence-corrected chi connectivity index (χ3v) is 13.4. The fraction of sp³-hybridized carbons (Fsp3) is 0.500. The van der Waals surface area contributed by atoms with E-state index in [1.807, 2.05) is 0 Å². The minimum Gasteiger partial charge on any atom is -0.394 e. The molecule has 2 unspecified atom stereocenters. The summed E-state index contributed by atoms with van der Waals surface area (Å²) < 4.78 is 46.3. The number of hydrogen-bond donors (Lipinski definition) is 8. The zero-order valence-corrected chi connectivity index (χ0v) is 34.7. The van der Waals surface area contributed by atoms with Crippen LogP contribution in [0.3, 0.4) is 0 Å². The number of aromatic amines is 1. The first kappa shape index (κ1) is 42.0. The van der Waals surface area contributed by atoms with Gasteiger partial charge in [0.15, 0.2) is 34.1 Å². The van der Waals surface area contributed by atoms with Gasteiger partial charge in [-0.15, -0.1) is 0 Å². The number of fused-ring (bicyclic) bond motifs is 3. The maximum absolute atomic E-state index is 12.3. The van der Waals surface area contributed by atoms with Gasteiger partial charge in [-0.3, -0.25) is 23.5 Å². The molecule has 3 aliphatic rings. The monoisotopic (exact) mass is 925 g/mol. The first-order valence-electron chi connectivity index (χ1n) is 18.3. The van der Waals surface area contributed by atoms with Crippen molar-refractivity contribution < 1.29 is 52.3 Å². The summed E-state index contributed by atoms with van der Waals surface area (Å²) in [5.74, 6) is 0.185. The van der Waals surface area contributed by atoms with Crippen LogP contribution in [0.25, 0.3) is 33.5 Å². The molecule has 6 aromatic rings. The zero-order chi connectivity index (χ0) is 42.8. The van der Waals surface area contributed by atoms with E-state index in [1.165, 1.54) is 36.2 Å². The van der Waals surface area contributed by atoms with E-state index in [4.69, 9.17) is 73.1 Å². The van der Waals surface area contributed by atoms with Crippen LogP contribution in [0.4, 0.5) is 17.6 Å². The highest BCUT2D eigenvalue weighted by molar-refractivity contribution is 8.07. The number of nitrogen functional groups attached to an aromatic ring is 3. The Bertz CT molecular complexity index is 2760. The number of nitrogens with one attached hydrogen (secondary N) is 1. The average molecular weight is 926 g/mol. The van der Waals surface area contributed by atoms with Gasteiger partial charge in [-0.2, -0.15) is 4.98 Å². The lowest BCUT2D eigenvalue weighted by atomic mass is 10.2. The summed E-state index contributed by atoms with van der Waals surface area (Å²) in [6.45, 7) is -9.57. The number of aromatic nitrogens is 12. The van der Waals surface area contributed by atoms with E-state index in [9.17, 15) is 24.8 Å². The van der Waals surface area contributed by atoms with E-state index in [0.717, 1.165) is 0 Å². The van der Waals surface area contributed by atoms with E-state index in [0.29, 0.717) is 22.3 Å². The van der Waals surface area contributed by atoms with Gasteiger partial charge in [0.25, 0.3) is 5.56 Å². The topological polar surface area (TPSA) is 374 Å². The third-order valence-electron chi connectivity index (χ3n) is 10.2. The molecule has 9 heterocycles. The Hall–Kier alpha value is -4.29. The molecule has 0 radical (unpaired) electrons. The normalized spacial score (nSPS) is 28.9. The van der Waals surface area contributed by atoms with Crippen molar-refractivity contribution in [2.24, 2.45) is 0 Å². The number of imidazole rings is 3. The van der Waals surface area contributed by atoms with E-state index in [2.05, 4.69) is 44.9 Å². The Morgan fingerprint density at radius 2 is 1.18 bits per heavy atom. The van der Waals surface area contributed by atoms with Crippen LogP contribution in [0.1, 0.15) is 37.9 Å². The Morgan fingerprint density at radius 3 is 1.75 bits per heavy atom. The molecule has 11 atom stereocenters. The molecule has 0 spiro atoms. The molecule has 0 aliphatic carbocycles. The first-order chi connectivity index (χ1) is 29.2. The molecule has 3 saturated heterocycles. The zero-order valence-electron chi connectivity index (χ0n) is 31.2. The molecule has 11 N–H and O–H groups in total. The maximum atomic E-state index is 12.3. The lowest BCUT2D eigenvalue weighted by Crippen LogP contribution is -2.30. The fourth-order valence-corrected chi connectivity index (χ4v) is 10.3. The van der Waals surface area contributed by atoms with Gasteiger partial charge < -0.3 is 69.5 Å². The molecule has 0 bridgehead atoms. The summed E-state index contributed by atoms with van der Waals surface area (Å²) in [6.07, 6.45) is -1.39. The van der Waals surface area contributed by atoms with Crippen molar-refractivity contribution in [2.75, 3.05) is 37.0 Å². The SMILES string of the molecule is Nc1nc2c(ncn2[C@H]2C[C@H](OP(O)(=S)OC[C@H]3O[C@@H](n4cnc5c(N)ncnc54)C[C@@H]3OP(O)(=S)OC[C@H]3O[C@@H](n4cnc5c(N)ncnc54)C[C@@H]3O)[C@@H](CO)O2)c(=O)[nH]1. The van der Waals surface area contributed by atoms with Gasteiger partial charge in [-0.25, -0.2) is 34.9 Å². The molecule has 326 valence electrons. The highest BCUT2D eigenvalue weighted by atomic mass is 32.5. The summed E-state index contributed by atoms with van der Waals surface area (Å²) >= 11 is 10.8. The molecule has 31 heteroatoms. The van der Waals surface area contributed by atoms with Crippen molar-refractivity contribution >= 4 is 88.1 Å². The predicted octanol–water partition coefficient (Wildman–Crippen LogP) is -1.00. The number of rotatable bonds is 14. The van der Waals surface area contributed by atoms with Crippen LogP contribution in [0.15, 0.2) is 36.4 Å². The van der Waals surface area contributed by atoms with Crippen LogP contribution >= 0.6 is 13.4 Å². The quantitative estimate of drug-likeness (QED) is 0.0607. The third kappa shape index (κ3) is 8.35. The van der Waals surface area contributed by atoms with Crippen molar-refractivity contribution in [1.29, 1.82) is 0 Å². The predicted molar refractivity (Wildman–Crippen MR) is 215 cm³/mol. The van der Waals surface area contributed by atoms with Crippen molar-refractivity contribution in [2.45, 2.75) is 74.6 Å². The number of ether oxygens (including phenoxy) is 3. The molecule has 27 nitrogen and oxygen atoms in total. The molecule has 0 aromatic carbocycles. The van der Waals surface area contributed by atoms with Gasteiger partial charge in [0.05, 0.1) is 57.1 Å². The van der Waals surface area contributed by atoms with Crippen molar-refractivity contribution in [3.8, 4) is 0 Å². The van der Waals surface area contributed by atoms with Gasteiger partial charge >= 0.3 is 13.4 Å². The fourth-order valence-electron chi connectivity index (χ4n) is 7.37. The summed E-state index contributed by atoms with van der Waals surface area (Å²) in [6, 6.07) is 0. The molecule has 9 rings (SSSR count). The molecule has 61 heavy (non-hydrogen) atoms. The number of hydrogen-bond acceptors (Lipinski definition) is 23. The van der Waals surface area contributed by atoms with Crippen LogP contribution < -0.4 is 22.8 Å². The maximum Gasteiger partial charge on any atom is 0.324 e. The van der Waals surface area contributed by atoms with E-state index in [1.54, 1.807) is 9.13 Å². The largest absolute Gasteiger partial charge is 0.394 e. The van der Waals surface area contributed by atoms with Crippen LogP contribution in [-0.2, 0) is 55.9 Å². The van der Waals surface area contributed by atoms with Crippen LogP contribution in [0.2, 0.25) is 0 Å². The van der Waals surface area contributed by atoms with E-state index < -0.39 is 87.5 Å². The highest BCUT2D eigenvalue weighted by Crippen LogP contribution is 2.52. The van der Waals surface area contributed by atoms with Gasteiger partial charge in [-0.05, 0) is 23.6 Å². The second-order valence-corrected chi connectivity index (χ2v) is 19.7. The van der Waals surface area contributed by atoms with Crippen molar-refractivity contribution in [3.63, 3.8) is 0 Å². The molecule has 0 amide bonds. The molecule has 3 aliphatic heterocycles. The van der Waals surface area contributed by atoms with Gasteiger partial charge in [0, 0.05) is 19.3 Å². The Balaban J connectivity index is 0.878. The Kier molecular flexibility index (Phi) is 11.3. The minimum atomic E-state index is -4.14. The van der Waals surface area contributed by atoms with E-state index in [-0.39, 0.29) is 54.6 Å². The molecule has 6 aromatic heterocycles. The van der Waals surface area contributed by atoms with Gasteiger partial charge in [0.2, 0.25) is 5.95 Å². The van der Waals surface area contributed by atoms with Gasteiger partial charge in [0.1, 0.15) is 60.7 Å². The van der Waals surface area contributed by atoms with Crippen LogP contribution in [0, 0.1) is 0 Å². The summed E-state index contributed by atoms with van der Waals surface area (Å²) in [7, 11) is 0. The van der Waals surface area contributed by atoms with E-state index >= 15 is 0 Å². The summed E-state index contributed by atoms with van der Waals surface area (Å²) in [5.41, 5.74) is 18.7. The standard InChI is InChI=1S/C30H37N15O12P2S2/c31-24-21-26(36-7-34-24)43(9-38-21)18-1-12(47)16(54-18)5-51-58(49,60)57-14-3-19(44-10-39-22-25(32)35-8-37-27(22)44)55-17(14)6-52-59(50,61)56-13-2-20(53-15(13)4-46)45-11-40-23-28(45)41-30(33)42-29(23)48/h7-20,46-47H,1-6H2,(H,49,60)(H,50,61)(H2,31,34,36)(H2,32,35,37)(H3,33,41,42,48)/t12-,13-,14-,15+,16+,17+,18+,19+,20+,58?,59?/m0/s1. The summed E-state index contributed by atoms with van der Waals surface area (Å²) in [5, 5.41) is 21.0. The summed E-state index contributed by atoms with van der Waals surface area (Å²) in [4.78, 5) is 70.5. The second-order valence-electron chi connectivity index (χ2n) is 14.1. The lowest BCUT2D eigenvalue weighted by Gasteiger charge is -2.27. The number of anilines is 3. The lowest BCUT2D eigenvalue weighted by molar-refractivity contribution is -0.0535. The van der Waals surface area contributed by atoms with Crippen molar-refractivity contribution in [1.82, 2.24) is 58.6 Å². The van der Waals surface area contributed by atoms with Crippen LogP contribution in [0.5, 0.6) is 0 Å². The highest BCUT2D eigenvalue weighted by Gasteiger charge is 2.45. The first-order valence-corrected chi connectivity index (χ1v) is 23.5. The van der Waals surface area contributed by atoms with Crippen LogP contribution in [-0.4, -0.2) is 135 Å².